The highest BCUT2D eigenvalue weighted by atomic mass is 16.5. The minimum absolute atomic E-state index is 0.337. The van der Waals surface area contributed by atoms with Crippen LogP contribution in [0.3, 0.4) is 0 Å². The Morgan fingerprint density at radius 2 is 1.62 bits per heavy atom. The SMILES string of the molecule is C#CCOc1c(C(C)C)cccc1C(C)C. The van der Waals surface area contributed by atoms with Gasteiger partial charge in [0.25, 0.3) is 0 Å². The zero-order valence-corrected chi connectivity index (χ0v) is 10.6. The zero-order valence-electron chi connectivity index (χ0n) is 10.6. The summed E-state index contributed by atoms with van der Waals surface area (Å²) >= 11 is 0. The molecule has 0 radical (unpaired) electrons. The first-order chi connectivity index (χ1) is 7.57. The van der Waals surface area contributed by atoms with E-state index in [0.29, 0.717) is 18.4 Å². The standard InChI is InChI=1S/C15H20O/c1-6-10-16-15-13(11(2)3)8-7-9-14(15)12(4)5/h1,7-9,11-12H,10H2,2-5H3. The van der Waals surface area contributed by atoms with Crippen LogP contribution in [-0.4, -0.2) is 6.61 Å². The van der Waals surface area contributed by atoms with E-state index >= 15 is 0 Å². The molecule has 1 aromatic carbocycles. The fourth-order valence-corrected chi connectivity index (χ4v) is 1.76. The summed E-state index contributed by atoms with van der Waals surface area (Å²) in [6.45, 7) is 9.01. The third-order valence-corrected chi connectivity index (χ3v) is 2.62. The van der Waals surface area contributed by atoms with Crippen LogP contribution >= 0.6 is 0 Å². The van der Waals surface area contributed by atoms with Crippen molar-refractivity contribution in [2.45, 2.75) is 39.5 Å². The minimum atomic E-state index is 0.337. The Hall–Kier alpha value is -1.42. The molecule has 0 bridgehead atoms. The maximum Gasteiger partial charge on any atom is 0.148 e. The number of hydrogen-bond acceptors (Lipinski definition) is 1. The van der Waals surface area contributed by atoms with Gasteiger partial charge < -0.3 is 4.74 Å². The van der Waals surface area contributed by atoms with Gasteiger partial charge in [0.15, 0.2) is 0 Å². The van der Waals surface area contributed by atoms with Gasteiger partial charge in [0, 0.05) is 0 Å². The van der Waals surface area contributed by atoms with Crippen molar-refractivity contribution in [1.82, 2.24) is 0 Å². The van der Waals surface area contributed by atoms with Crippen molar-refractivity contribution in [3.05, 3.63) is 29.3 Å². The molecular formula is C15H20O. The molecule has 0 unspecified atom stereocenters. The Bertz CT molecular complexity index is 357. The van der Waals surface area contributed by atoms with Crippen LogP contribution in [0.25, 0.3) is 0 Å². The summed E-state index contributed by atoms with van der Waals surface area (Å²) in [4.78, 5) is 0. The molecule has 1 aromatic rings. The van der Waals surface area contributed by atoms with Crippen molar-refractivity contribution >= 4 is 0 Å². The van der Waals surface area contributed by atoms with Crippen molar-refractivity contribution in [1.29, 1.82) is 0 Å². The van der Waals surface area contributed by atoms with E-state index in [1.54, 1.807) is 0 Å². The van der Waals surface area contributed by atoms with Gasteiger partial charge in [-0.1, -0.05) is 51.8 Å². The Labute approximate surface area is 98.8 Å². The van der Waals surface area contributed by atoms with Crippen LogP contribution in [0.5, 0.6) is 5.75 Å². The van der Waals surface area contributed by atoms with Crippen LogP contribution in [0.4, 0.5) is 0 Å². The summed E-state index contributed by atoms with van der Waals surface area (Å²) in [5, 5.41) is 0. The highest BCUT2D eigenvalue weighted by Gasteiger charge is 2.14. The van der Waals surface area contributed by atoms with Crippen LogP contribution in [-0.2, 0) is 0 Å². The number of rotatable bonds is 4. The summed E-state index contributed by atoms with van der Waals surface area (Å²) in [6.07, 6.45) is 5.25. The highest BCUT2D eigenvalue weighted by molar-refractivity contribution is 5.45. The largest absolute Gasteiger partial charge is 0.480 e. The lowest BCUT2D eigenvalue weighted by Gasteiger charge is -2.18. The quantitative estimate of drug-likeness (QED) is 0.692. The summed E-state index contributed by atoms with van der Waals surface area (Å²) in [5.74, 6) is 4.40. The Kier molecular flexibility index (Phi) is 4.43. The molecule has 0 heterocycles. The van der Waals surface area contributed by atoms with E-state index in [2.05, 4.69) is 51.8 Å². The van der Waals surface area contributed by atoms with Gasteiger partial charge >= 0.3 is 0 Å². The molecule has 1 rings (SSSR count). The second-order valence-electron chi connectivity index (χ2n) is 4.57. The molecule has 0 N–H and O–H groups in total. The van der Waals surface area contributed by atoms with Crippen molar-refractivity contribution in [3.8, 4) is 18.1 Å². The predicted molar refractivity (Wildman–Crippen MR) is 68.9 cm³/mol. The molecule has 1 heteroatoms. The fourth-order valence-electron chi connectivity index (χ4n) is 1.76. The van der Waals surface area contributed by atoms with Crippen LogP contribution in [0.2, 0.25) is 0 Å². The number of hydrogen-bond donors (Lipinski definition) is 0. The normalized spacial score (nSPS) is 10.6. The monoisotopic (exact) mass is 216 g/mol. The molecule has 0 saturated heterocycles. The second kappa shape index (κ2) is 5.61. The van der Waals surface area contributed by atoms with Crippen LogP contribution in [0, 0.1) is 12.3 Å². The fraction of sp³-hybridized carbons (Fsp3) is 0.467. The topological polar surface area (TPSA) is 9.23 Å². The van der Waals surface area contributed by atoms with Gasteiger partial charge in [-0.25, -0.2) is 0 Å². The first-order valence-corrected chi connectivity index (χ1v) is 5.77. The van der Waals surface area contributed by atoms with Crippen LogP contribution < -0.4 is 4.74 Å². The third kappa shape index (κ3) is 2.79. The lowest BCUT2D eigenvalue weighted by Crippen LogP contribution is -2.04. The number of ether oxygens (including phenoxy) is 1. The second-order valence-corrected chi connectivity index (χ2v) is 4.57. The van der Waals surface area contributed by atoms with Gasteiger partial charge in [-0.15, -0.1) is 6.42 Å². The molecule has 0 fully saturated rings. The lowest BCUT2D eigenvalue weighted by molar-refractivity contribution is 0.358. The smallest absolute Gasteiger partial charge is 0.148 e. The minimum Gasteiger partial charge on any atom is -0.480 e. The molecule has 0 aliphatic carbocycles. The first kappa shape index (κ1) is 12.6. The Balaban J connectivity index is 3.19. The highest BCUT2D eigenvalue weighted by Crippen LogP contribution is 2.34. The third-order valence-electron chi connectivity index (χ3n) is 2.62. The molecule has 1 nitrogen and oxygen atoms in total. The molecule has 0 saturated carbocycles. The summed E-state index contributed by atoms with van der Waals surface area (Å²) in [7, 11) is 0. The average Bonchev–Trinajstić information content (AvgIpc) is 2.25. The van der Waals surface area contributed by atoms with Crippen molar-refractivity contribution in [3.63, 3.8) is 0 Å². The van der Waals surface area contributed by atoms with Crippen LogP contribution in [0.15, 0.2) is 18.2 Å². The maximum atomic E-state index is 5.70. The molecule has 16 heavy (non-hydrogen) atoms. The van der Waals surface area contributed by atoms with Crippen molar-refractivity contribution in [2.24, 2.45) is 0 Å². The van der Waals surface area contributed by atoms with Crippen molar-refractivity contribution < 1.29 is 4.74 Å². The molecule has 86 valence electrons. The van der Waals surface area contributed by atoms with Gasteiger partial charge in [0.1, 0.15) is 12.4 Å². The molecule has 0 atom stereocenters. The molecule has 0 aliphatic heterocycles. The summed E-state index contributed by atoms with van der Waals surface area (Å²) in [6, 6.07) is 6.32. The predicted octanol–water partition coefficient (Wildman–Crippen LogP) is 3.95. The first-order valence-electron chi connectivity index (χ1n) is 5.77. The molecule has 0 amide bonds. The number of benzene rings is 1. The van der Waals surface area contributed by atoms with E-state index in [4.69, 9.17) is 11.2 Å². The van der Waals surface area contributed by atoms with Gasteiger partial charge in [-0.2, -0.15) is 0 Å². The van der Waals surface area contributed by atoms with Gasteiger partial charge in [-0.3, -0.25) is 0 Å². The van der Waals surface area contributed by atoms with Crippen molar-refractivity contribution in [2.75, 3.05) is 6.61 Å². The van der Waals surface area contributed by atoms with E-state index in [1.807, 2.05) is 0 Å². The van der Waals surface area contributed by atoms with Gasteiger partial charge in [0.05, 0.1) is 0 Å². The van der Waals surface area contributed by atoms with E-state index in [-0.39, 0.29) is 0 Å². The molecule has 0 spiro atoms. The molecular weight excluding hydrogens is 196 g/mol. The molecule has 0 aliphatic rings. The maximum absolute atomic E-state index is 5.70. The lowest BCUT2D eigenvalue weighted by atomic mass is 9.94. The Morgan fingerprint density at radius 1 is 1.12 bits per heavy atom. The van der Waals surface area contributed by atoms with E-state index < -0.39 is 0 Å². The van der Waals surface area contributed by atoms with Gasteiger partial charge in [-0.05, 0) is 23.0 Å². The summed E-state index contributed by atoms with van der Waals surface area (Å²) < 4.78 is 5.70. The van der Waals surface area contributed by atoms with E-state index in [0.717, 1.165) is 5.75 Å². The zero-order chi connectivity index (χ0) is 12.1. The van der Waals surface area contributed by atoms with E-state index in [9.17, 15) is 0 Å². The Morgan fingerprint density at radius 3 is 2.00 bits per heavy atom. The summed E-state index contributed by atoms with van der Waals surface area (Å²) in [5.41, 5.74) is 2.47. The van der Waals surface area contributed by atoms with Gasteiger partial charge in [0.2, 0.25) is 0 Å². The molecule has 0 aromatic heterocycles. The number of para-hydroxylation sites is 1. The average molecular weight is 216 g/mol. The van der Waals surface area contributed by atoms with E-state index in [1.165, 1.54) is 11.1 Å². The van der Waals surface area contributed by atoms with Crippen LogP contribution in [0.1, 0.15) is 50.7 Å². The number of terminal acetylenes is 1.